The number of hydrogen-bond acceptors (Lipinski definition) is 1. The molecule has 82 valence electrons. The van der Waals surface area contributed by atoms with Crippen molar-refractivity contribution in [2.45, 2.75) is 20.8 Å². The highest BCUT2D eigenvalue weighted by Gasteiger charge is 2.00. The number of nitrogens with one attached hydrogen (secondary N) is 1. The summed E-state index contributed by atoms with van der Waals surface area (Å²) in [6.07, 6.45) is 7.67. The molecule has 0 aliphatic heterocycles. The normalized spacial score (nSPS) is 11.2. The van der Waals surface area contributed by atoms with E-state index in [1.54, 1.807) is 6.33 Å². The van der Waals surface area contributed by atoms with Crippen molar-refractivity contribution in [3.8, 4) is 0 Å². The van der Waals surface area contributed by atoms with Crippen LogP contribution in [0.5, 0.6) is 0 Å². The average Bonchev–Trinajstić information content (AvgIpc) is 2.78. The molecule has 16 heavy (non-hydrogen) atoms. The van der Waals surface area contributed by atoms with Gasteiger partial charge in [0, 0.05) is 0 Å². The van der Waals surface area contributed by atoms with Crippen LogP contribution in [0.3, 0.4) is 0 Å². The summed E-state index contributed by atoms with van der Waals surface area (Å²) < 4.78 is 0. The molecular formula is C14H16N2. The van der Waals surface area contributed by atoms with Crippen molar-refractivity contribution in [2.75, 3.05) is 0 Å². The van der Waals surface area contributed by atoms with E-state index in [-0.39, 0.29) is 0 Å². The van der Waals surface area contributed by atoms with E-state index >= 15 is 0 Å². The van der Waals surface area contributed by atoms with Gasteiger partial charge in [-0.15, -0.1) is 0 Å². The van der Waals surface area contributed by atoms with Crippen molar-refractivity contribution in [1.82, 2.24) is 9.97 Å². The minimum atomic E-state index is 1.03. The van der Waals surface area contributed by atoms with Crippen LogP contribution in [-0.4, -0.2) is 9.97 Å². The molecule has 1 heterocycles. The van der Waals surface area contributed by atoms with Crippen LogP contribution in [0, 0.1) is 20.8 Å². The first-order valence-corrected chi connectivity index (χ1v) is 5.42. The van der Waals surface area contributed by atoms with Crippen molar-refractivity contribution in [3.63, 3.8) is 0 Å². The van der Waals surface area contributed by atoms with E-state index in [9.17, 15) is 0 Å². The van der Waals surface area contributed by atoms with Gasteiger partial charge in [0.1, 0.15) is 0 Å². The van der Waals surface area contributed by atoms with Gasteiger partial charge in [-0.2, -0.15) is 0 Å². The Morgan fingerprint density at radius 2 is 1.88 bits per heavy atom. The Bertz CT molecular complexity index is 508. The first kappa shape index (κ1) is 10.7. The van der Waals surface area contributed by atoms with Crippen LogP contribution < -0.4 is 0 Å². The van der Waals surface area contributed by atoms with Crippen LogP contribution >= 0.6 is 0 Å². The molecule has 0 bridgehead atoms. The third-order valence-electron chi connectivity index (χ3n) is 3.06. The van der Waals surface area contributed by atoms with Gasteiger partial charge in [-0.1, -0.05) is 18.2 Å². The Balaban J connectivity index is 2.32. The molecule has 0 saturated heterocycles. The maximum absolute atomic E-state index is 3.98. The molecular weight excluding hydrogens is 196 g/mol. The van der Waals surface area contributed by atoms with Crippen molar-refractivity contribution in [1.29, 1.82) is 0 Å². The molecule has 0 fully saturated rings. The summed E-state index contributed by atoms with van der Waals surface area (Å²) in [7, 11) is 0. The van der Waals surface area contributed by atoms with Crippen LogP contribution in [0.2, 0.25) is 0 Å². The summed E-state index contributed by atoms with van der Waals surface area (Å²) in [5.74, 6) is 0. The van der Waals surface area contributed by atoms with E-state index in [4.69, 9.17) is 0 Å². The van der Waals surface area contributed by atoms with Crippen molar-refractivity contribution in [3.05, 3.63) is 52.6 Å². The Morgan fingerprint density at radius 1 is 1.06 bits per heavy atom. The number of rotatable bonds is 2. The lowest BCUT2D eigenvalue weighted by atomic mass is 9.98. The molecule has 0 aliphatic carbocycles. The fraction of sp³-hybridized carbons (Fsp3) is 0.214. The summed E-state index contributed by atoms with van der Waals surface area (Å²) in [5, 5.41) is 0. The molecule has 2 heteroatoms. The van der Waals surface area contributed by atoms with Crippen molar-refractivity contribution < 1.29 is 0 Å². The van der Waals surface area contributed by atoms with E-state index in [0.717, 1.165) is 5.69 Å². The third kappa shape index (κ3) is 2.06. The number of H-pyrrole nitrogens is 1. The van der Waals surface area contributed by atoms with Crippen molar-refractivity contribution in [2.24, 2.45) is 0 Å². The first-order chi connectivity index (χ1) is 7.68. The van der Waals surface area contributed by atoms with E-state index in [1.165, 1.54) is 22.3 Å². The van der Waals surface area contributed by atoms with Crippen LogP contribution in [0.15, 0.2) is 24.7 Å². The van der Waals surface area contributed by atoms with Gasteiger partial charge in [-0.3, -0.25) is 0 Å². The highest BCUT2D eigenvalue weighted by molar-refractivity contribution is 5.70. The second-order valence-corrected chi connectivity index (χ2v) is 4.06. The standard InChI is InChI=1S/C14H16N2/c1-10-4-5-13(12(3)11(10)2)6-7-14-8-15-9-16-14/h4-9H,1-3H3,(H,15,16)/b7-6+. The average molecular weight is 212 g/mol. The number of aryl methyl sites for hydroxylation is 1. The summed E-state index contributed by atoms with van der Waals surface area (Å²) in [6.45, 7) is 6.47. The Labute approximate surface area is 96.1 Å². The molecule has 0 saturated carbocycles. The molecule has 0 spiro atoms. The molecule has 1 aromatic heterocycles. The highest BCUT2D eigenvalue weighted by Crippen LogP contribution is 2.18. The second kappa shape index (κ2) is 4.35. The molecule has 2 aromatic rings. The Kier molecular flexibility index (Phi) is 2.91. The largest absolute Gasteiger partial charge is 0.345 e. The molecule has 2 rings (SSSR count). The zero-order valence-electron chi connectivity index (χ0n) is 9.91. The molecule has 0 unspecified atom stereocenters. The van der Waals surface area contributed by atoms with E-state index in [1.807, 2.05) is 12.3 Å². The lowest BCUT2D eigenvalue weighted by Gasteiger charge is -2.07. The van der Waals surface area contributed by atoms with Crippen molar-refractivity contribution >= 4 is 12.2 Å². The second-order valence-electron chi connectivity index (χ2n) is 4.06. The van der Waals surface area contributed by atoms with Gasteiger partial charge in [0.25, 0.3) is 0 Å². The van der Waals surface area contributed by atoms with Crippen LogP contribution in [0.4, 0.5) is 0 Å². The lowest BCUT2D eigenvalue weighted by Crippen LogP contribution is -1.89. The molecule has 0 atom stereocenters. The van der Waals surface area contributed by atoms with E-state index in [0.29, 0.717) is 0 Å². The number of nitrogens with zero attached hydrogens (tertiary/aromatic N) is 1. The zero-order valence-corrected chi connectivity index (χ0v) is 9.91. The SMILES string of the molecule is Cc1ccc(/C=C/c2cnc[nH]2)c(C)c1C. The molecule has 2 nitrogen and oxygen atoms in total. The Hall–Kier alpha value is -1.83. The molecule has 0 amide bonds. The molecule has 1 N–H and O–H groups in total. The fourth-order valence-corrected chi connectivity index (χ4v) is 1.69. The Morgan fingerprint density at radius 3 is 2.56 bits per heavy atom. The van der Waals surface area contributed by atoms with Gasteiger partial charge in [0.05, 0.1) is 18.2 Å². The third-order valence-corrected chi connectivity index (χ3v) is 3.06. The van der Waals surface area contributed by atoms with E-state index in [2.05, 4.69) is 48.9 Å². The first-order valence-electron chi connectivity index (χ1n) is 5.42. The van der Waals surface area contributed by atoms with Gasteiger partial charge in [0.15, 0.2) is 0 Å². The summed E-state index contributed by atoms with van der Waals surface area (Å²) in [5.41, 5.74) is 6.34. The summed E-state index contributed by atoms with van der Waals surface area (Å²) in [6, 6.07) is 4.32. The number of benzene rings is 1. The zero-order chi connectivity index (χ0) is 11.5. The molecule has 1 aromatic carbocycles. The van der Waals surface area contributed by atoms with Crippen LogP contribution in [0.1, 0.15) is 27.9 Å². The van der Waals surface area contributed by atoms with Gasteiger partial charge >= 0.3 is 0 Å². The van der Waals surface area contributed by atoms with Gasteiger partial charge < -0.3 is 4.98 Å². The molecule has 0 radical (unpaired) electrons. The van der Waals surface area contributed by atoms with E-state index < -0.39 is 0 Å². The van der Waals surface area contributed by atoms with Gasteiger partial charge in [0.2, 0.25) is 0 Å². The minimum absolute atomic E-state index is 1.03. The quantitative estimate of drug-likeness (QED) is 0.810. The maximum atomic E-state index is 3.98. The van der Waals surface area contributed by atoms with Gasteiger partial charge in [-0.25, -0.2) is 4.98 Å². The predicted molar refractivity (Wildman–Crippen MR) is 68.2 cm³/mol. The smallest absolute Gasteiger partial charge is 0.0924 e. The number of hydrogen-bond donors (Lipinski definition) is 1. The van der Waals surface area contributed by atoms with Crippen LogP contribution in [-0.2, 0) is 0 Å². The summed E-state index contributed by atoms with van der Waals surface area (Å²) in [4.78, 5) is 7.04. The highest BCUT2D eigenvalue weighted by atomic mass is 14.8. The number of aromatic amines is 1. The monoisotopic (exact) mass is 212 g/mol. The van der Waals surface area contributed by atoms with Crippen LogP contribution in [0.25, 0.3) is 12.2 Å². The molecule has 0 aliphatic rings. The number of aromatic nitrogens is 2. The summed E-state index contributed by atoms with van der Waals surface area (Å²) >= 11 is 0. The predicted octanol–water partition coefficient (Wildman–Crippen LogP) is 3.51. The fourth-order valence-electron chi connectivity index (χ4n) is 1.69. The minimum Gasteiger partial charge on any atom is -0.345 e. The van der Waals surface area contributed by atoms with Gasteiger partial charge in [-0.05, 0) is 49.1 Å². The topological polar surface area (TPSA) is 28.7 Å². The number of imidazole rings is 1. The lowest BCUT2D eigenvalue weighted by molar-refractivity contribution is 1.26. The maximum Gasteiger partial charge on any atom is 0.0924 e.